The van der Waals surface area contributed by atoms with Crippen LogP contribution in [0.1, 0.15) is 26.7 Å². The van der Waals surface area contributed by atoms with Crippen molar-refractivity contribution in [2.45, 2.75) is 44.8 Å². The van der Waals surface area contributed by atoms with E-state index in [1.54, 1.807) is 6.92 Å². The Morgan fingerprint density at radius 1 is 1.14 bits per heavy atom. The lowest BCUT2D eigenvalue weighted by Gasteiger charge is -2.34. The Kier molecular flexibility index (Phi) is 7.26. The van der Waals surface area contributed by atoms with Gasteiger partial charge in [-0.25, -0.2) is 4.79 Å². The van der Waals surface area contributed by atoms with Crippen LogP contribution in [0.4, 0.5) is 31.1 Å². The van der Waals surface area contributed by atoms with Crippen molar-refractivity contribution in [3.05, 3.63) is 0 Å². The summed E-state index contributed by atoms with van der Waals surface area (Å²) in [6.45, 7) is 2.31. The maximum Gasteiger partial charge on any atom is 0.461 e. The highest BCUT2D eigenvalue weighted by molar-refractivity contribution is 6.65. The fraction of sp³-hybridized carbons (Fsp3) is 0.800. The van der Waals surface area contributed by atoms with Gasteiger partial charge in [0, 0.05) is 6.42 Å². The molecule has 0 aliphatic carbocycles. The monoisotopic (exact) mass is 358 g/mol. The van der Waals surface area contributed by atoms with Gasteiger partial charge in [-0.05, 0) is 13.3 Å². The minimum atomic E-state index is -6.06. The van der Waals surface area contributed by atoms with Crippen LogP contribution in [0.2, 0.25) is 0 Å². The molecule has 0 heterocycles. The summed E-state index contributed by atoms with van der Waals surface area (Å²) < 4.78 is 81.3. The molecule has 0 rings (SSSR count). The second-order valence-electron chi connectivity index (χ2n) is 3.83. The molecule has 0 aliphatic rings. The van der Waals surface area contributed by atoms with Crippen molar-refractivity contribution in [1.82, 2.24) is 5.32 Å². The van der Waals surface area contributed by atoms with Gasteiger partial charge in [-0.15, -0.1) is 0 Å². The molecule has 0 fully saturated rings. The van der Waals surface area contributed by atoms with Crippen LogP contribution in [0.25, 0.3) is 0 Å². The zero-order valence-corrected chi connectivity index (χ0v) is 12.2. The van der Waals surface area contributed by atoms with Crippen LogP contribution in [0.5, 0.6) is 0 Å². The highest BCUT2D eigenvalue weighted by Gasteiger charge is 2.76. The van der Waals surface area contributed by atoms with Crippen LogP contribution < -0.4 is 5.32 Å². The molecule has 130 valence electrons. The second kappa shape index (κ2) is 7.75. The first-order valence-electron chi connectivity index (χ1n) is 5.90. The number of carbonyl (C=O) groups excluding carboxylic acids is 1. The highest BCUT2D eigenvalue weighted by Crippen LogP contribution is 2.44. The third kappa shape index (κ3) is 5.11. The van der Waals surface area contributed by atoms with Gasteiger partial charge in [0.2, 0.25) is 0 Å². The number of halogens is 7. The summed E-state index contributed by atoms with van der Waals surface area (Å²) in [5.41, 5.74) is -5.07. The largest absolute Gasteiger partial charge is 0.461 e. The van der Waals surface area contributed by atoms with Gasteiger partial charge in [-0.1, -0.05) is 23.7 Å². The number of rotatable bonds is 6. The second-order valence-corrected chi connectivity index (χ2v) is 4.27. The summed E-state index contributed by atoms with van der Waals surface area (Å²) in [6.07, 6.45) is -13.9. The average molecular weight is 359 g/mol. The van der Waals surface area contributed by atoms with Crippen LogP contribution in [0.3, 0.4) is 0 Å². The summed E-state index contributed by atoms with van der Waals surface area (Å²) in [5.74, 6) is 0. The van der Waals surface area contributed by atoms with Gasteiger partial charge < -0.3 is 9.57 Å². The molecule has 0 aromatic rings. The van der Waals surface area contributed by atoms with Gasteiger partial charge in [-0.3, -0.25) is 5.32 Å². The first-order chi connectivity index (χ1) is 9.91. The van der Waals surface area contributed by atoms with Crippen molar-refractivity contribution in [2.24, 2.45) is 5.16 Å². The third-order valence-corrected chi connectivity index (χ3v) is 2.35. The van der Waals surface area contributed by atoms with E-state index in [-0.39, 0.29) is 6.42 Å². The number of alkyl carbamates (subject to hydrolysis) is 1. The van der Waals surface area contributed by atoms with Crippen molar-refractivity contribution >= 4 is 22.9 Å². The molecule has 12 heteroatoms. The third-order valence-electron chi connectivity index (χ3n) is 2.09. The molecule has 0 bridgehead atoms. The predicted molar refractivity (Wildman–Crippen MR) is 64.3 cm³/mol. The number of amides is 1. The zero-order valence-electron chi connectivity index (χ0n) is 11.4. The molecule has 0 aromatic carbocycles. The fourth-order valence-electron chi connectivity index (χ4n) is 1.11. The first kappa shape index (κ1) is 20.6. The summed E-state index contributed by atoms with van der Waals surface area (Å²) in [4.78, 5) is 14.6. The number of nitrogens with one attached hydrogen (secondary N) is 1. The quantitative estimate of drug-likeness (QED) is 0.339. The normalized spacial score (nSPS) is 13.8. The van der Waals surface area contributed by atoms with Crippen LogP contribution in [-0.2, 0) is 9.57 Å². The summed E-state index contributed by atoms with van der Waals surface area (Å²) in [7, 11) is 0. The molecule has 0 saturated carbocycles. The van der Waals surface area contributed by atoms with Gasteiger partial charge in [-0.2, -0.15) is 26.3 Å². The topological polar surface area (TPSA) is 59.9 Å². The van der Waals surface area contributed by atoms with E-state index in [1.807, 2.05) is 0 Å². The fourth-order valence-corrected chi connectivity index (χ4v) is 1.33. The molecule has 0 atom stereocenters. The van der Waals surface area contributed by atoms with Crippen LogP contribution in [0.15, 0.2) is 5.16 Å². The van der Waals surface area contributed by atoms with Crippen molar-refractivity contribution in [2.75, 3.05) is 6.61 Å². The number of oxime groups is 1. The zero-order chi connectivity index (χ0) is 17.6. The van der Waals surface area contributed by atoms with E-state index in [9.17, 15) is 31.1 Å². The molecule has 0 saturated heterocycles. The van der Waals surface area contributed by atoms with E-state index >= 15 is 0 Å². The lowest BCUT2D eigenvalue weighted by molar-refractivity contribution is -0.389. The lowest BCUT2D eigenvalue weighted by Crippen LogP contribution is -2.68. The standard InChI is InChI=1S/C10H13ClF6N2O3/c1-3-5-6(11)19-22-8(9(12,13)14,10(15,16)17)18-7(20)21-4-2/h3-5H2,1-2H3,(H,18,20)/b19-6+. The number of ether oxygens (including phenoxy) is 1. The average Bonchev–Trinajstić information content (AvgIpc) is 2.32. The van der Waals surface area contributed by atoms with Crippen LogP contribution >= 0.6 is 11.6 Å². The van der Waals surface area contributed by atoms with E-state index < -0.39 is 35.9 Å². The number of hydrogen-bond donors (Lipinski definition) is 1. The van der Waals surface area contributed by atoms with E-state index in [1.165, 1.54) is 6.92 Å². The van der Waals surface area contributed by atoms with E-state index in [4.69, 9.17) is 11.6 Å². The minimum absolute atomic E-state index is 0.104. The summed E-state index contributed by atoms with van der Waals surface area (Å²) >= 11 is 5.33. The molecular formula is C10H13ClF6N2O3. The minimum Gasteiger partial charge on any atom is -0.450 e. The van der Waals surface area contributed by atoms with Crippen molar-refractivity contribution in [1.29, 1.82) is 0 Å². The lowest BCUT2D eigenvalue weighted by atomic mass is 10.2. The molecular weight excluding hydrogens is 346 g/mol. The molecule has 22 heavy (non-hydrogen) atoms. The van der Waals surface area contributed by atoms with E-state index in [0.29, 0.717) is 11.7 Å². The molecule has 1 N–H and O–H groups in total. The Labute approximate surface area is 126 Å². The van der Waals surface area contributed by atoms with Gasteiger partial charge in [0.15, 0.2) is 0 Å². The molecule has 5 nitrogen and oxygen atoms in total. The van der Waals surface area contributed by atoms with Gasteiger partial charge in [0.05, 0.1) is 6.61 Å². The van der Waals surface area contributed by atoms with E-state index in [2.05, 4.69) is 14.7 Å². The Morgan fingerprint density at radius 2 is 1.64 bits per heavy atom. The Bertz CT molecular complexity index is 396. The van der Waals surface area contributed by atoms with Crippen LogP contribution in [0, 0.1) is 0 Å². The Morgan fingerprint density at radius 3 is 2.00 bits per heavy atom. The van der Waals surface area contributed by atoms with E-state index in [0.717, 1.165) is 0 Å². The number of hydrogen-bond acceptors (Lipinski definition) is 4. The molecule has 0 aliphatic heterocycles. The SMILES string of the molecule is CCC/C(Cl)=N\OC(NC(=O)OCC)(C(F)(F)F)C(F)(F)F. The number of carbonyl (C=O) groups is 1. The first-order valence-corrected chi connectivity index (χ1v) is 6.28. The van der Waals surface area contributed by atoms with Crippen molar-refractivity contribution in [3.63, 3.8) is 0 Å². The summed E-state index contributed by atoms with van der Waals surface area (Å²) in [6, 6.07) is 0. The molecule has 0 unspecified atom stereocenters. The molecule has 0 radical (unpaired) electrons. The predicted octanol–water partition coefficient (Wildman–Crippen LogP) is 3.92. The van der Waals surface area contributed by atoms with Gasteiger partial charge >= 0.3 is 24.2 Å². The Balaban J connectivity index is 5.70. The molecule has 0 aromatic heterocycles. The maximum atomic E-state index is 12.9. The summed E-state index contributed by atoms with van der Waals surface area (Å²) in [5, 5.41) is 2.59. The smallest absolute Gasteiger partial charge is 0.450 e. The molecule has 1 amide bonds. The number of alkyl halides is 6. The van der Waals surface area contributed by atoms with Crippen molar-refractivity contribution < 1.29 is 40.7 Å². The van der Waals surface area contributed by atoms with Gasteiger partial charge in [0.1, 0.15) is 5.17 Å². The maximum absolute atomic E-state index is 12.9. The highest BCUT2D eigenvalue weighted by atomic mass is 35.5. The van der Waals surface area contributed by atoms with Crippen LogP contribution in [-0.4, -0.2) is 35.9 Å². The molecule has 0 spiro atoms. The Hall–Kier alpha value is -1.39. The van der Waals surface area contributed by atoms with Crippen molar-refractivity contribution in [3.8, 4) is 0 Å². The number of nitrogens with zero attached hydrogens (tertiary/aromatic N) is 1. The van der Waals surface area contributed by atoms with Gasteiger partial charge in [0.25, 0.3) is 0 Å².